The molecule has 0 radical (unpaired) electrons. The Morgan fingerprint density at radius 3 is 2.25 bits per heavy atom. The molecule has 5 nitrogen and oxygen atoms in total. The Hall–Kier alpha value is -1.88. The molecule has 0 heterocycles. The molecule has 1 aromatic carbocycles. The zero-order chi connectivity index (χ0) is 15.2. The van der Waals surface area contributed by atoms with Crippen molar-refractivity contribution >= 4 is 11.9 Å². The third-order valence-electron chi connectivity index (χ3n) is 2.38. The first-order valence-corrected chi connectivity index (χ1v) is 6.38. The number of carbonyl (C=O) groups excluding carboxylic acids is 2. The van der Waals surface area contributed by atoms with Gasteiger partial charge >= 0.3 is 11.9 Å². The Morgan fingerprint density at radius 1 is 1.15 bits per heavy atom. The normalized spacial score (nSPS) is 12.6. The number of esters is 2. The summed E-state index contributed by atoms with van der Waals surface area (Å²) < 4.78 is 10.1. The van der Waals surface area contributed by atoms with Crippen LogP contribution in [0.15, 0.2) is 30.3 Å². The first-order valence-electron chi connectivity index (χ1n) is 6.38. The molecule has 1 N–H and O–H groups in total. The van der Waals surface area contributed by atoms with E-state index in [4.69, 9.17) is 14.6 Å². The van der Waals surface area contributed by atoms with Crippen molar-refractivity contribution < 1.29 is 24.2 Å². The Balaban J connectivity index is 2.57. The van der Waals surface area contributed by atoms with E-state index < -0.39 is 30.1 Å². The maximum atomic E-state index is 11.8. The van der Waals surface area contributed by atoms with E-state index in [-0.39, 0.29) is 6.61 Å². The smallest absolute Gasteiger partial charge is 0.323 e. The minimum absolute atomic E-state index is 0.0545. The van der Waals surface area contributed by atoms with Crippen LogP contribution in [0.2, 0.25) is 0 Å². The fourth-order valence-corrected chi connectivity index (χ4v) is 1.45. The minimum Gasteiger partial charge on any atom is -0.460 e. The highest BCUT2D eigenvalue weighted by atomic mass is 16.6. The van der Waals surface area contributed by atoms with Gasteiger partial charge in [-0.2, -0.15) is 0 Å². The van der Waals surface area contributed by atoms with Crippen LogP contribution >= 0.6 is 0 Å². The zero-order valence-corrected chi connectivity index (χ0v) is 12.0. The van der Waals surface area contributed by atoms with Crippen molar-refractivity contribution in [2.75, 3.05) is 6.61 Å². The fourth-order valence-electron chi connectivity index (χ4n) is 1.45. The predicted octanol–water partition coefficient (Wildman–Crippen LogP) is 1.68. The number of hydrogen-bond donors (Lipinski definition) is 1. The van der Waals surface area contributed by atoms with Gasteiger partial charge in [0.25, 0.3) is 0 Å². The zero-order valence-electron chi connectivity index (χ0n) is 12.0. The lowest BCUT2D eigenvalue weighted by atomic mass is 10.1. The number of benzene rings is 1. The Labute approximate surface area is 118 Å². The van der Waals surface area contributed by atoms with E-state index in [0.29, 0.717) is 0 Å². The van der Waals surface area contributed by atoms with Gasteiger partial charge in [-0.1, -0.05) is 30.3 Å². The Bertz CT molecular complexity index is 447. The lowest BCUT2D eigenvalue weighted by Gasteiger charge is -2.22. The summed E-state index contributed by atoms with van der Waals surface area (Å²) in [6.45, 7) is 4.49. The standard InChI is InChI=1S/C15H20O5/c1-15(2,3)20-14(18)12(9-16)13(17)19-10-11-7-5-4-6-8-11/h4-8,12,16H,9-10H2,1-3H3/t12-/m1/s1. The summed E-state index contributed by atoms with van der Waals surface area (Å²) in [6.07, 6.45) is 0. The van der Waals surface area contributed by atoms with E-state index in [1.54, 1.807) is 32.9 Å². The highest BCUT2D eigenvalue weighted by Crippen LogP contribution is 2.13. The highest BCUT2D eigenvalue weighted by molar-refractivity contribution is 5.95. The molecule has 0 unspecified atom stereocenters. The summed E-state index contributed by atoms with van der Waals surface area (Å²) in [5.41, 5.74) is 0.0891. The Morgan fingerprint density at radius 2 is 1.75 bits per heavy atom. The molecule has 0 fully saturated rings. The summed E-state index contributed by atoms with van der Waals surface area (Å²) in [7, 11) is 0. The van der Waals surface area contributed by atoms with Crippen LogP contribution in [0.3, 0.4) is 0 Å². The molecule has 0 saturated carbocycles. The Kier molecular flexibility index (Phi) is 5.70. The third-order valence-corrected chi connectivity index (χ3v) is 2.38. The molecule has 0 aliphatic carbocycles. The van der Waals surface area contributed by atoms with E-state index in [1.807, 2.05) is 18.2 Å². The highest BCUT2D eigenvalue weighted by Gasteiger charge is 2.32. The SMILES string of the molecule is CC(C)(C)OC(=O)[C@H](CO)C(=O)OCc1ccccc1. The second kappa shape index (κ2) is 7.05. The molecule has 0 amide bonds. The lowest BCUT2D eigenvalue weighted by molar-refractivity contribution is -0.171. The van der Waals surface area contributed by atoms with E-state index in [0.717, 1.165) is 5.56 Å². The van der Waals surface area contributed by atoms with Crippen LogP contribution in [0.25, 0.3) is 0 Å². The molecule has 0 spiro atoms. The van der Waals surface area contributed by atoms with E-state index in [1.165, 1.54) is 0 Å². The number of carbonyl (C=O) groups is 2. The van der Waals surface area contributed by atoms with Crippen LogP contribution in [-0.4, -0.2) is 29.3 Å². The predicted molar refractivity (Wildman–Crippen MR) is 72.7 cm³/mol. The van der Waals surface area contributed by atoms with Crippen LogP contribution in [0, 0.1) is 5.92 Å². The van der Waals surface area contributed by atoms with Gasteiger partial charge < -0.3 is 14.6 Å². The van der Waals surface area contributed by atoms with Crippen LogP contribution in [0.1, 0.15) is 26.3 Å². The van der Waals surface area contributed by atoms with Gasteiger partial charge in [0.05, 0.1) is 6.61 Å². The summed E-state index contributed by atoms with van der Waals surface area (Å²) in [5.74, 6) is -2.87. The van der Waals surface area contributed by atoms with Gasteiger partial charge in [-0.25, -0.2) is 0 Å². The largest absolute Gasteiger partial charge is 0.460 e. The molecule has 5 heteroatoms. The number of aliphatic hydroxyl groups excluding tert-OH is 1. The molecule has 1 atom stereocenters. The summed E-state index contributed by atoms with van der Waals surface area (Å²) >= 11 is 0. The second-order valence-corrected chi connectivity index (χ2v) is 5.36. The molecular weight excluding hydrogens is 260 g/mol. The first-order chi connectivity index (χ1) is 9.33. The van der Waals surface area contributed by atoms with Crippen molar-refractivity contribution in [1.82, 2.24) is 0 Å². The van der Waals surface area contributed by atoms with Crippen molar-refractivity contribution in [2.45, 2.75) is 33.0 Å². The van der Waals surface area contributed by atoms with Gasteiger partial charge in [-0.05, 0) is 26.3 Å². The summed E-state index contributed by atoms with van der Waals surface area (Å²) in [4.78, 5) is 23.6. The molecule has 0 bridgehead atoms. The topological polar surface area (TPSA) is 72.8 Å². The monoisotopic (exact) mass is 280 g/mol. The van der Waals surface area contributed by atoms with Crippen molar-refractivity contribution in [3.63, 3.8) is 0 Å². The average Bonchev–Trinajstić information content (AvgIpc) is 2.36. The van der Waals surface area contributed by atoms with Crippen molar-refractivity contribution in [3.05, 3.63) is 35.9 Å². The van der Waals surface area contributed by atoms with Crippen LogP contribution in [-0.2, 0) is 25.7 Å². The van der Waals surface area contributed by atoms with Gasteiger partial charge in [0.1, 0.15) is 12.2 Å². The molecule has 1 rings (SSSR count). The number of aliphatic hydroxyl groups is 1. The van der Waals surface area contributed by atoms with Gasteiger partial charge in [0, 0.05) is 0 Å². The van der Waals surface area contributed by atoms with Crippen LogP contribution in [0.4, 0.5) is 0 Å². The van der Waals surface area contributed by atoms with Gasteiger partial charge in [-0.15, -0.1) is 0 Å². The van der Waals surface area contributed by atoms with E-state index in [9.17, 15) is 9.59 Å². The maximum absolute atomic E-state index is 11.8. The van der Waals surface area contributed by atoms with Gasteiger partial charge in [0.2, 0.25) is 0 Å². The molecule has 1 aromatic rings. The summed E-state index contributed by atoms with van der Waals surface area (Å²) in [5, 5.41) is 9.16. The number of hydrogen-bond acceptors (Lipinski definition) is 5. The van der Waals surface area contributed by atoms with Crippen molar-refractivity contribution in [1.29, 1.82) is 0 Å². The van der Waals surface area contributed by atoms with Gasteiger partial charge in [0.15, 0.2) is 5.92 Å². The van der Waals surface area contributed by atoms with Crippen molar-refractivity contribution in [3.8, 4) is 0 Å². The maximum Gasteiger partial charge on any atom is 0.323 e. The lowest BCUT2D eigenvalue weighted by Crippen LogP contribution is -2.35. The molecule has 0 aliphatic heterocycles. The molecule has 110 valence electrons. The third kappa shape index (κ3) is 5.40. The molecule has 0 saturated heterocycles. The summed E-state index contributed by atoms with van der Waals surface area (Å²) in [6, 6.07) is 9.09. The minimum atomic E-state index is -1.31. The first kappa shape index (κ1) is 16.2. The van der Waals surface area contributed by atoms with Crippen LogP contribution in [0.5, 0.6) is 0 Å². The molecular formula is C15H20O5. The van der Waals surface area contributed by atoms with Crippen LogP contribution < -0.4 is 0 Å². The number of rotatable bonds is 5. The molecule has 20 heavy (non-hydrogen) atoms. The quantitative estimate of drug-likeness (QED) is 0.656. The van der Waals surface area contributed by atoms with Crippen molar-refractivity contribution in [2.24, 2.45) is 5.92 Å². The van der Waals surface area contributed by atoms with E-state index in [2.05, 4.69) is 0 Å². The number of ether oxygens (including phenoxy) is 2. The fraction of sp³-hybridized carbons (Fsp3) is 0.467. The van der Waals surface area contributed by atoms with Gasteiger partial charge in [-0.3, -0.25) is 9.59 Å². The van der Waals surface area contributed by atoms with E-state index >= 15 is 0 Å². The molecule has 0 aliphatic rings. The average molecular weight is 280 g/mol. The molecule has 0 aromatic heterocycles. The second-order valence-electron chi connectivity index (χ2n) is 5.36.